The van der Waals surface area contributed by atoms with Crippen LogP contribution in [0.25, 0.3) is 10.6 Å². The van der Waals surface area contributed by atoms with E-state index in [2.05, 4.69) is 49.0 Å². The molecule has 2 N–H and O–H groups in total. The summed E-state index contributed by atoms with van der Waals surface area (Å²) in [5, 5.41) is 13.1. The summed E-state index contributed by atoms with van der Waals surface area (Å²) in [5.74, 6) is 0.604. The maximum atomic E-state index is 4.45. The van der Waals surface area contributed by atoms with Gasteiger partial charge in [-0.3, -0.25) is 5.10 Å². The number of thiophene rings is 1. The molecule has 3 rings (SSSR count). The van der Waals surface area contributed by atoms with Gasteiger partial charge in [0.2, 0.25) is 0 Å². The summed E-state index contributed by atoms with van der Waals surface area (Å²) in [6.07, 6.45) is 2.37. The topological polar surface area (TPSA) is 40.7 Å². The third kappa shape index (κ3) is 2.19. The molecule has 0 atom stereocenters. The third-order valence-corrected chi connectivity index (χ3v) is 4.91. The van der Waals surface area contributed by atoms with Gasteiger partial charge in [-0.1, -0.05) is 6.07 Å². The van der Waals surface area contributed by atoms with Crippen molar-refractivity contribution in [1.82, 2.24) is 15.5 Å². The summed E-state index contributed by atoms with van der Waals surface area (Å²) in [5.41, 5.74) is 2.31. The van der Waals surface area contributed by atoms with E-state index in [1.54, 1.807) is 11.3 Å². The second-order valence-corrected chi connectivity index (χ2v) is 6.04. The molecule has 0 saturated carbocycles. The molecule has 2 aromatic rings. The van der Waals surface area contributed by atoms with Gasteiger partial charge in [0, 0.05) is 5.92 Å². The first kappa shape index (κ1) is 11.4. The molecular formula is C12H14BrN3S. The fraction of sp³-hybridized carbons (Fsp3) is 0.417. The van der Waals surface area contributed by atoms with E-state index in [4.69, 9.17) is 0 Å². The Morgan fingerprint density at radius 3 is 2.88 bits per heavy atom. The monoisotopic (exact) mass is 311 g/mol. The first-order valence-electron chi connectivity index (χ1n) is 5.84. The van der Waals surface area contributed by atoms with Crippen LogP contribution in [0.3, 0.4) is 0 Å². The Bertz CT molecular complexity index is 486. The molecule has 1 saturated heterocycles. The van der Waals surface area contributed by atoms with Crippen molar-refractivity contribution in [3.05, 3.63) is 27.7 Å². The van der Waals surface area contributed by atoms with Crippen molar-refractivity contribution >= 4 is 27.3 Å². The summed E-state index contributed by atoms with van der Waals surface area (Å²) >= 11 is 5.43. The van der Waals surface area contributed by atoms with E-state index in [-0.39, 0.29) is 0 Å². The van der Waals surface area contributed by atoms with Crippen LogP contribution in [0.4, 0.5) is 0 Å². The second-order valence-electron chi connectivity index (χ2n) is 4.30. The number of nitrogens with one attached hydrogen (secondary N) is 2. The molecule has 0 amide bonds. The predicted molar refractivity (Wildman–Crippen MR) is 74.4 cm³/mol. The quantitative estimate of drug-likeness (QED) is 0.892. The van der Waals surface area contributed by atoms with Crippen molar-refractivity contribution in [2.45, 2.75) is 18.8 Å². The zero-order valence-electron chi connectivity index (χ0n) is 9.37. The largest absolute Gasteiger partial charge is 0.317 e. The standard InChI is InChI=1S/C12H14BrN3S/c13-10-11(8-3-5-14-6-4-8)15-16-12(10)9-2-1-7-17-9/h1-2,7-8,14H,3-6H2,(H,15,16). The lowest BCUT2D eigenvalue weighted by atomic mass is 9.94. The minimum absolute atomic E-state index is 0.604. The highest BCUT2D eigenvalue weighted by Gasteiger charge is 2.22. The van der Waals surface area contributed by atoms with E-state index in [1.807, 2.05) is 0 Å². The van der Waals surface area contributed by atoms with Crippen LogP contribution in [0, 0.1) is 0 Å². The van der Waals surface area contributed by atoms with Crippen molar-refractivity contribution in [3.63, 3.8) is 0 Å². The molecule has 1 aliphatic rings. The number of rotatable bonds is 2. The van der Waals surface area contributed by atoms with Crippen molar-refractivity contribution < 1.29 is 0 Å². The molecule has 0 radical (unpaired) electrons. The molecule has 1 fully saturated rings. The van der Waals surface area contributed by atoms with Crippen LogP contribution in [0.1, 0.15) is 24.5 Å². The van der Waals surface area contributed by atoms with Crippen molar-refractivity contribution in [3.8, 4) is 10.6 Å². The van der Waals surface area contributed by atoms with Gasteiger partial charge in [0.05, 0.1) is 15.0 Å². The van der Waals surface area contributed by atoms with Crippen molar-refractivity contribution in [2.24, 2.45) is 0 Å². The van der Waals surface area contributed by atoms with E-state index >= 15 is 0 Å². The number of aromatic nitrogens is 2. The molecule has 1 aliphatic heterocycles. The van der Waals surface area contributed by atoms with Crippen LogP contribution < -0.4 is 5.32 Å². The summed E-state index contributed by atoms with van der Waals surface area (Å²) in [4.78, 5) is 1.22. The zero-order chi connectivity index (χ0) is 11.7. The maximum Gasteiger partial charge on any atom is 0.116 e. The van der Waals surface area contributed by atoms with E-state index in [1.165, 1.54) is 23.4 Å². The summed E-state index contributed by atoms with van der Waals surface area (Å²) in [6.45, 7) is 2.20. The number of nitrogens with zero attached hydrogens (tertiary/aromatic N) is 1. The van der Waals surface area contributed by atoms with Crippen LogP contribution >= 0.6 is 27.3 Å². The molecule has 2 aromatic heterocycles. The molecule has 3 nitrogen and oxygen atoms in total. The summed E-state index contributed by atoms with van der Waals surface area (Å²) < 4.78 is 1.15. The average Bonchev–Trinajstić information content (AvgIpc) is 2.99. The number of H-pyrrole nitrogens is 1. The average molecular weight is 312 g/mol. The molecule has 0 unspecified atom stereocenters. The van der Waals surface area contributed by atoms with Gasteiger partial charge >= 0.3 is 0 Å². The molecule has 0 bridgehead atoms. The van der Waals surface area contributed by atoms with Gasteiger partial charge in [0.1, 0.15) is 5.69 Å². The number of hydrogen-bond donors (Lipinski definition) is 2. The molecule has 5 heteroatoms. The van der Waals surface area contributed by atoms with Crippen LogP contribution in [0.5, 0.6) is 0 Å². The normalized spacial score (nSPS) is 17.5. The van der Waals surface area contributed by atoms with E-state index < -0.39 is 0 Å². The Kier molecular flexibility index (Phi) is 3.31. The Morgan fingerprint density at radius 1 is 1.35 bits per heavy atom. The lowest BCUT2D eigenvalue weighted by molar-refractivity contribution is 0.452. The lowest BCUT2D eigenvalue weighted by Crippen LogP contribution is -2.26. The first-order valence-corrected chi connectivity index (χ1v) is 7.52. The molecule has 0 spiro atoms. The van der Waals surface area contributed by atoms with Gasteiger partial charge < -0.3 is 5.32 Å². The van der Waals surface area contributed by atoms with Gasteiger partial charge in [-0.2, -0.15) is 5.10 Å². The molecule has 0 aliphatic carbocycles. The van der Waals surface area contributed by atoms with Crippen LogP contribution in [0.15, 0.2) is 22.0 Å². The maximum absolute atomic E-state index is 4.45. The van der Waals surface area contributed by atoms with Crippen LogP contribution in [-0.2, 0) is 0 Å². The zero-order valence-corrected chi connectivity index (χ0v) is 11.8. The summed E-state index contributed by atoms with van der Waals surface area (Å²) in [6, 6.07) is 4.17. The summed E-state index contributed by atoms with van der Waals surface area (Å²) in [7, 11) is 0. The highest BCUT2D eigenvalue weighted by atomic mass is 79.9. The van der Waals surface area contributed by atoms with Gasteiger partial charge in [-0.25, -0.2) is 0 Å². The predicted octanol–water partition coefficient (Wildman–Crippen LogP) is 3.37. The van der Waals surface area contributed by atoms with Crippen molar-refractivity contribution in [1.29, 1.82) is 0 Å². The molecule has 0 aromatic carbocycles. The third-order valence-electron chi connectivity index (χ3n) is 3.23. The van der Waals surface area contributed by atoms with Gasteiger partial charge in [-0.15, -0.1) is 11.3 Å². The lowest BCUT2D eigenvalue weighted by Gasteiger charge is -2.21. The second kappa shape index (κ2) is 4.92. The SMILES string of the molecule is Brc1c(-c2cccs2)n[nH]c1C1CCNCC1. The number of aromatic amines is 1. The molecule has 3 heterocycles. The highest BCUT2D eigenvalue weighted by Crippen LogP contribution is 2.37. The van der Waals surface area contributed by atoms with Crippen LogP contribution in [-0.4, -0.2) is 23.3 Å². The van der Waals surface area contributed by atoms with Gasteiger partial charge in [0.25, 0.3) is 0 Å². The Hall–Kier alpha value is -0.650. The van der Waals surface area contributed by atoms with E-state index in [9.17, 15) is 0 Å². The Labute approximate surface area is 113 Å². The smallest absolute Gasteiger partial charge is 0.116 e. The van der Waals surface area contributed by atoms with Gasteiger partial charge in [0.15, 0.2) is 0 Å². The fourth-order valence-corrected chi connectivity index (χ4v) is 3.87. The molecule has 90 valence electrons. The Morgan fingerprint density at radius 2 is 2.18 bits per heavy atom. The van der Waals surface area contributed by atoms with E-state index in [0.717, 1.165) is 23.3 Å². The first-order chi connectivity index (χ1) is 8.36. The van der Waals surface area contributed by atoms with Gasteiger partial charge in [-0.05, 0) is 53.3 Å². The number of piperidine rings is 1. The highest BCUT2D eigenvalue weighted by molar-refractivity contribution is 9.10. The minimum Gasteiger partial charge on any atom is -0.317 e. The van der Waals surface area contributed by atoms with Crippen LogP contribution in [0.2, 0.25) is 0 Å². The Balaban J connectivity index is 1.92. The number of hydrogen-bond acceptors (Lipinski definition) is 3. The van der Waals surface area contributed by atoms with E-state index in [0.29, 0.717) is 5.92 Å². The fourth-order valence-electron chi connectivity index (χ4n) is 2.30. The minimum atomic E-state index is 0.604. The number of halogens is 1. The molecule has 17 heavy (non-hydrogen) atoms. The molecular weight excluding hydrogens is 298 g/mol. The van der Waals surface area contributed by atoms with Crippen molar-refractivity contribution in [2.75, 3.05) is 13.1 Å².